The summed E-state index contributed by atoms with van der Waals surface area (Å²) in [5.41, 5.74) is 0. The van der Waals surface area contributed by atoms with E-state index in [0.717, 1.165) is 4.88 Å². The number of rotatable bonds is 4. The van der Waals surface area contributed by atoms with Crippen LogP contribution in [-0.2, 0) is 14.3 Å². The van der Waals surface area contributed by atoms with Gasteiger partial charge in [0.1, 0.15) is 0 Å². The number of ether oxygens (including phenoxy) is 1. The van der Waals surface area contributed by atoms with Gasteiger partial charge in [-0.15, -0.1) is 11.3 Å². The highest BCUT2D eigenvalue weighted by molar-refractivity contribution is 7.15. The fourth-order valence-electron chi connectivity index (χ4n) is 0.912. The van der Waals surface area contributed by atoms with Gasteiger partial charge in [0, 0.05) is 17.5 Å². The van der Waals surface area contributed by atoms with Crippen LogP contribution < -0.4 is 5.32 Å². The summed E-state index contributed by atoms with van der Waals surface area (Å²) in [6.45, 7) is 1.90. The molecule has 0 aliphatic carbocycles. The van der Waals surface area contributed by atoms with Gasteiger partial charge in [-0.25, -0.2) is 4.98 Å². The molecule has 1 heterocycles. The van der Waals surface area contributed by atoms with Gasteiger partial charge in [-0.2, -0.15) is 0 Å². The molecule has 0 radical (unpaired) electrons. The Kier molecular flexibility index (Phi) is 4.23. The molecule has 82 valence electrons. The Hall–Kier alpha value is -1.43. The van der Waals surface area contributed by atoms with Crippen LogP contribution in [0.25, 0.3) is 0 Å². The quantitative estimate of drug-likeness (QED) is 0.790. The van der Waals surface area contributed by atoms with Crippen LogP contribution in [0.4, 0.5) is 5.13 Å². The van der Waals surface area contributed by atoms with Crippen LogP contribution in [0.2, 0.25) is 0 Å². The Balaban J connectivity index is 2.33. The van der Waals surface area contributed by atoms with E-state index in [4.69, 9.17) is 0 Å². The molecule has 1 amide bonds. The van der Waals surface area contributed by atoms with E-state index in [-0.39, 0.29) is 24.7 Å². The summed E-state index contributed by atoms with van der Waals surface area (Å²) in [6, 6.07) is 0. The fourth-order valence-corrected chi connectivity index (χ4v) is 1.59. The maximum Gasteiger partial charge on any atom is 0.306 e. The van der Waals surface area contributed by atoms with Crippen molar-refractivity contribution in [2.75, 3.05) is 12.4 Å². The highest BCUT2D eigenvalue weighted by Crippen LogP contribution is 2.16. The number of nitrogens with one attached hydrogen (secondary N) is 1. The van der Waals surface area contributed by atoms with Crippen molar-refractivity contribution in [2.24, 2.45) is 0 Å². The van der Waals surface area contributed by atoms with Crippen LogP contribution >= 0.6 is 11.3 Å². The van der Waals surface area contributed by atoms with Crippen LogP contribution in [0.15, 0.2) is 6.20 Å². The van der Waals surface area contributed by atoms with Crippen molar-refractivity contribution in [3.8, 4) is 0 Å². The number of carbonyl (C=O) groups excluding carboxylic acids is 2. The Morgan fingerprint density at radius 2 is 2.27 bits per heavy atom. The van der Waals surface area contributed by atoms with Gasteiger partial charge in [-0.05, 0) is 6.92 Å². The minimum absolute atomic E-state index is 0.0900. The fraction of sp³-hybridized carbons (Fsp3) is 0.444. The molecule has 0 fully saturated rings. The second-order valence-electron chi connectivity index (χ2n) is 2.90. The van der Waals surface area contributed by atoms with Gasteiger partial charge < -0.3 is 10.1 Å². The van der Waals surface area contributed by atoms with E-state index in [0.29, 0.717) is 5.13 Å². The SMILES string of the molecule is COC(=O)CCC(=O)Nc1ncc(C)s1. The number of amides is 1. The number of aromatic nitrogens is 1. The van der Waals surface area contributed by atoms with E-state index in [2.05, 4.69) is 15.0 Å². The molecule has 5 nitrogen and oxygen atoms in total. The van der Waals surface area contributed by atoms with Gasteiger partial charge in [0.05, 0.1) is 13.5 Å². The molecule has 1 N–H and O–H groups in total. The molecule has 0 bridgehead atoms. The molecule has 0 spiro atoms. The predicted molar refractivity (Wildman–Crippen MR) is 56.7 cm³/mol. The summed E-state index contributed by atoms with van der Waals surface area (Å²) in [6.07, 6.45) is 1.89. The summed E-state index contributed by atoms with van der Waals surface area (Å²) in [4.78, 5) is 27.0. The Morgan fingerprint density at radius 1 is 1.53 bits per heavy atom. The smallest absolute Gasteiger partial charge is 0.306 e. The predicted octanol–water partition coefficient (Wildman–Crippen LogP) is 1.34. The largest absolute Gasteiger partial charge is 0.469 e. The zero-order valence-corrected chi connectivity index (χ0v) is 9.39. The topological polar surface area (TPSA) is 68.3 Å². The minimum atomic E-state index is -0.388. The molecule has 1 aromatic heterocycles. The first kappa shape index (κ1) is 11.6. The van der Waals surface area contributed by atoms with Crippen molar-refractivity contribution in [1.82, 2.24) is 4.98 Å². The van der Waals surface area contributed by atoms with Gasteiger partial charge in [-0.3, -0.25) is 9.59 Å². The van der Waals surface area contributed by atoms with Gasteiger partial charge in [0.15, 0.2) is 5.13 Å². The molecule has 0 saturated heterocycles. The van der Waals surface area contributed by atoms with Crippen molar-refractivity contribution in [2.45, 2.75) is 19.8 Å². The van der Waals surface area contributed by atoms with Gasteiger partial charge in [0.25, 0.3) is 0 Å². The molecule has 0 atom stereocenters. The molecule has 6 heteroatoms. The second kappa shape index (κ2) is 5.45. The van der Waals surface area contributed by atoms with Crippen molar-refractivity contribution in [3.05, 3.63) is 11.1 Å². The van der Waals surface area contributed by atoms with E-state index >= 15 is 0 Å². The van der Waals surface area contributed by atoms with E-state index in [1.165, 1.54) is 18.4 Å². The number of aryl methyl sites for hydroxylation is 1. The van der Waals surface area contributed by atoms with Crippen LogP contribution in [0.1, 0.15) is 17.7 Å². The molecule has 0 saturated carbocycles. The maximum atomic E-state index is 11.3. The summed E-state index contributed by atoms with van der Waals surface area (Å²) in [5.74, 6) is -0.616. The lowest BCUT2D eigenvalue weighted by molar-refractivity contribution is -0.141. The van der Waals surface area contributed by atoms with Gasteiger partial charge >= 0.3 is 5.97 Å². The number of hydrogen-bond acceptors (Lipinski definition) is 5. The first-order valence-corrected chi connectivity index (χ1v) is 5.22. The minimum Gasteiger partial charge on any atom is -0.469 e. The van der Waals surface area contributed by atoms with Crippen LogP contribution in [0.5, 0.6) is 0 Å². The number of anilines is 1. The van der Waals surface area contributed by atoms with Crippen LogP contribution in [-0.4, -0.2) is 24.0 Å². The number of nitrogens with zero attached hydrogens (tertiary/aromatic N) is 1. The van der Waals surface area contributed by atoms with Gasteiger partial charge in [-0.1, -0.05) is 0 Å². The Bertz CT molecular complexity index is 362. The molecule has 1 aromatic rings. The highest BCUT2D eigenvalue weighted by atomic mass is 32.1. The lowest BCUT2D eigenvalue weighted by Gasteiger charge is -2.00. The average molecular weight is 228 g/mol. The number of methoxy groups -OCH3 is 1. The number of hydrogen-bond donors (Lipinski definition) is 1. The van der Waals surface area contributed by atoms with E-state index < -0.39 is 0 Å². The lowest BCUT2D eigenvalue weighted by atomic mass is 10.3. The van der Waals surface area contributed by atoms with Crippen molar-refractivity contribution in [3.63, 3.8) is 0 Å². The van der Waals surface area contributed by atoms with Crippen LogP contribution in [0.3, 0.4) is 0 Å². The number of thiazole rings is 1. The third kappa shape index (κ3) is 4.07. The normalized spacial score (nSPS) is 9.73. The van der Waals surface area contributed by atoms with Crippen molar-refractivity contribution in [1.29, 1.82) is 0 Å². The van der Waals surface area contributed by atoms with Crippen molar-refractivity contribution < 1.29 is 14.3 Å². The second-order valence-corrected chi connectivity index (χ2v) is 4.14. The van der Waals surface area contributed by atoms with E-state index in [1.807, 2.05) is 6.92 Å². The molecule has 1 rings (SSSR count). The zero-order valence-electron chi connectivity index (χ0n) is 8.57. The standard InChI is InChI=1S/C9H12N2O3S/c1-6-5-10-9(15-6)11-7(12)3-4-8(13)14-2/h5H,3-4H2,1-2H3,(H,10,11,12). The third-order valence-electron chi connectivity index (χ3n) is 1.65. The molecule has 0 aliphatic rings. The summed E-state index contributed by atoms with van der Waals surface area (Å²) in [5, 5.41) is 3.16. The molecule has 15 heavy (non-hydrogen) atoms. The molecule has 0 aromatic carbocycles. The number of carbonyl (C=O) groups is 2. The Morgan fingerprint density at radius 3 is 2.80 bits per heavy atom. The van der Waals surface area contributed by atoms with Crippen LogP contribution in [0, 0.1) is 6.92 Å². The first-order chi connectivity index (χ1) is 7.11. The summed E-state index contributed by atoms with van der Waals surface area (Å²) in [7, 11) is 1.30. The summed E-state index contributed by atoms with van der Waals surface area (Å²) >= 11 is 1.40. The molecular formula is C9H12N2O3S. The third-order valence-corrected chi connectivity index (χ3v) is 2.48. The average Bonchev–Trinajstić information content (AvgIpc) is 2.60. The monoisotopic (exact) mass is 228 g/mol. The lowest BCUT2D eigenvalue weighted by Crippen LogP contribution is -2.13. The number of esters is 1. The molecule has 0 aliphatic heterocycles. The maximum absolute atomic E-state index is 11.3. The van der Waals surface area contributed by atoms with E-state index in [1.54, 1.807) is 6.20 Å². The first-order valence-electron chi connectivity index (χ1n) is 4.41. The highest BCUT2D eigenvalue weighted by Gasteiger charge is 2.08. The molecular weight excluding hydrogens is 216 g/mol. The van der Waals surface area contributed by atoms with Crippen molar-refractivity contribution >= 4 is 28.3 Å². The zero-order chi connectivity index (χ0) is 11.3. The van der Waals surface area contributed by atoms with Gasteiger partial charge in [0.2, 0.25) is 5.91 Å². The van der Waals surface area contributed by atoms with E-state index in [9.17, 15) is 9.59 Å². The summed E-state index contributed by atoms with van der Waals surface area (Å²) < 4.78 is 4.42. The molecule has 0 unspecified atom stereocenters. The Labute approximate surface area is 91.5 Å².